The summed E-state index contributed by atoms with van der Waals surface area (Å²) in [7, 11) is 1.70. The summed E-state index contributed by atoms with van der Waals surface area (Å²) in [5.74, 6) is 1.74. The first-order valence-electron chi connectivity index (χ1n) is 6.25. The third-order valence-electron chi connectivity index (χ3n) is 3.50. The number of halogens is 1. The number of hydrogen-bond acceptors (Lipinski definition) is 6. The van der Waals surface area contributed by atoms with Crippen LogP contribution in [0, 0.1) is 0 Å². The van der Waals surface area contributed by atoms with E-state index in [9.17, 15) is 0 Å². The van der Waals surface area contributed by atoms with Crippen LogP contribution in [0.5, 0.6) is 0 Å². The number of H-pyrrole nitrogens is 1. The zero-order valence-electron chi connectivity index (χ0n) is 11.0. The Morgan fingerprint density at radius 3 is 3.00 bits per heavy atom. The molecular weight excluding hydrogens is 280 g/mol. The van der Waals surface area contributed by atoms with E-state index in [1.165, 1.54) is 6.33 Å². The highest BCUT2D eigenvalue weighted by Crippen LogP contribution is 2.38. The zero-order chi connectivity index (χ0) is 14.1. The summed E-state index contributed by atoms with van der Waals surface area (Å²) >= 11 is 6.23. The van der Waals surface area contributed by atoms with Crippen LogP contribution in [0.4, 0.5) is 11.6 Å². The van der Waals surface area contributed by atoms with Gasteiger partial charge in [-0.3, -0.25) is 0 Å². The SMILES string of the molecule is CO[C@@H]1CC(c2ncc[nH]2)N(c2ncnc(N)c2Cl)C1. The van der Waals surface area contributed by atoms with E-state index in [4.69, 9.17) is 22.1 Å². The molecule has 0 bridgehead atoms. The molecule has 0 spiro atoms. The number of nitrogen functional groups attached to an aromatic ring is 1. The second-order valence-electron chi connectivity index (χ2n) is 4.63. The van der Waals surface area contributed by atoms with E-state index in [1.54, 1.807) is 19.5 Å². The number of aromatic nitrogens is 4. The molecule has 1 unspecified atom stereocenters. The van der Waals surface area contributed by atoms with Gasteiger partial charge in [0.2, 0.25) is 0 Å². The van der Waals surface area contributed by atoms with Crippen LogP contribution in [0.2, 0.25) is 5.02 Å². The van der Waals surface area contributed by atoms with Crippen LogP contribution in [0.3, 0.4) is 0 Å². The van der Waals surface area contributed by atoms with Crippen molar-refractivity contribution >= 4 is 23.2 Å². The second-order valence-corrected chi connectivity index (χ2v) is 5.01. The summed E-state index contributed by atoms with van der Waals surface area (Å²) in [4.78, 5) is 17.7. The van der Waals surface area contributed by atoms with Crippen molar-refractivity contribution in [1.29, 1.82) is 0 Å². The Kier molecular flexibility index (Phi) is 3.45. The van der Waals surface area contributed by atoms with E-state index < -0.39 is 0 Å². The van der Waals surface area contributed by atoms with Gasteiger partial charge in [-0.05, 0) is 0 Å². The topological polar surface area (TPSA) is 93.0 Å². The first-order valence-corrected chi connectivity index (χ1v) is 6.63. The molecule has 0 radical (unpaired) electrons. The fraction of sp³-hybridized carbons (Fsp3) is 0.417. The van der Waals surface area contributed by atoms with E-state index in [2.05, 4.69) is 19.9 Å². The van der Waals surface area contributed by atoms with Crippen molar-refractivity contribution in [2.75, 3.05) is 24.3 Å². The Morgan fingerprint density at radius 2 is 2.30 bits per heavy atom. The minimum Gasteiger partial charge on any atom is -0.382 e. The van der Waals surface area contributed by atoms with E-state index in [1.807, 2.05) is 4.90 Å². The van der Waals surface area contributed by atoms with Crippen molar-refractivity contribution in [3.05, 3.63) is 29.6 Å². The molecule has 8 heteroatoms. The van der Waals surface area contributed by atoms with E-state index in [0.717, 1.165) is 12.2 Å². The Labute approximate surface area is 121 Å². The van der Waals surface area contributed by atoms with Crippen LogP contribution in [-0.4, -0.2) is 39.7 Å². The van der Waals surface area contributed by atoms with Crippen molar-refractivity contribution < 1.29 is 4.74 Å². The molecule has 1 fully saturated rings. The van der Waals surface area contributed by atoms with Gasteiger partial charge < -0.3 is 20.4 Å². The van der Waals surface area contributed by atoms with E-state index >= 15 is 0 Å². The maximum atomic E-state index is 6.23. The molecule has 3 rings (SSSR count). The van der Waals surface area contributed by atoms with Gasteiger partial charge in [0.05, 0.1) is 12.1 Å². The first-order chi connectivity index (χ1) is 9.70. The van der Waals surface area contributed by atoms with Gasteiger partial charge >= 0.3 is 0 Å². The predicted octanol–water partition coefficient (Wildman–Crippen LogP) is 1.40. The number of hydrogen-bond donors (Lipinski definition) is 2. The molecule has 0 amide bonds. The highest BCUT2D eigenvalue weighted by atomic mass is 35.5. The summed E-state index contributed by atoms with van der Waals surface area (Å²) in [5.41, 5.74) is 5.76. The lowest BCUT2D eigenvalue weighted by molar-refractivity contribution is 0.118. The molecular formula is C12H15ClN6O. The number of aromatic amines is 1. The van der Waals surface area contributed by atoms with E-state index in [0.29, 0.717) is 17.4 Å². The molecule has 2 aromatic heterocycles. The zero-order valence-corrected chi connectivity index (χ0v) is 11.7. The molecule has 3 heterocycles. The molecule has 3 N–H and O–H groups in total. The maximum Gasteiger partial charge on any atom is 0.153 e. The third kappa shape index (κ3) is 2.19. The molecule has 7 nitrogen and oxygen atoms in total. The van der Waals surface area contributed by atoms with Crippen LogP contribution in [0.25, 0.3) is 0 Å². The highest BCUT2D eigenvalue weighted by Gasteiger charge is 2.36. The largest absolute Gasteiger partial charge is 0.382 e. The van der Waals surface area contributed by atoms with Gasteiger partial charge in [0.15, 0.2) is 5.82 Å². The average molecular weight is 295 g/mol. The van der Waals surface area contributed by atoms with Crippen molar-refractivity contribution in [2.24, 2.45) is 0 Å². The van der Waals surface area contributed by atoms with Crippen LogP contribution >= 0.6 is 11.6 Å². The van der Waals surface area contributed by atoms with Crippen LogP contribution in [-0.2, 0) is 4.74 Å². The number of nitrogens with two attached hydrogens (primary N) is 1. The van der Waals surface area contributed by atoms with E-state index in [-0.39, 0.29) is 18.0 Å². The molecule has 0 aliphatic carbocycles. The van der Waals surface area contributed by atoms with Crippen molar-refractivity contribution in [2.45, 2.75) is 18.6 Å². The lowest BCUT2D eigenvalue weighted by Crippen LogP contribution is -2.26. The Hall–Kier alpha value is -1.86. The van der Waals surface area contributed by atoms with Crippen LogP contribution in [0.1, 0.15) is 18.3 Å². The van der Waals surface area contributed by atoms with Crippen LogP contribution in [0.15, 0.2) is 18.7 Å². The lowest BCUT2D eigenvalue weighted by atomic mass is 10.2. The summed E-state index contributed by atoms with van der Waals surface area (Å²) in [6, 6.07) is 0.0294. The molecule has 2 aromatic rings. The van der Waals surface area contributed by atoms with Gasteiger partial charge in [-0.15, -0.1) is 0 Å². The van der Waals surface area contributed by atoms with Crippen molar-refractivity contribution in [3.8, 4) is 0 Å². The number of rotatable bonds is 3. The highest BCUT2D eigenvalue weighted by molar-refractivity contribution is 6.35. The molecule has 1 saturated heterocycles. The molecule has 0 aromatic carbocycles. The van der Waals surface area contributed by atoms with Gasteiger partial charge in [-0.25, -0.2) is 15.0 Å². The predicted molar refractivity (Wildman–Crippen MR) is 75.5 cm³/mol. The fourth-order valence-electron chi connectivity index (χ4n) is 2.50. The Morgan fingerprint density at radius 1 is 1.45 bits per heavy atom. The number of anilines is 2. The van der Waals surface area contributed by atoms with Crippen LogP contribution < -0.4 is 10.6 Å². The minimum atomic E-state index is 0.0294. The van der Waals surface area contributed by atoms with Gasteiger partial charge in [-0.1, -0.05) is 11.6 Å². The summed E-state index contributed by atoms with van der Waals surface area (Å²) in [5, 5.41) is 0.362. The average Bonchev–Trinajstić information content (AvgIpc) is 3.09. The Balaban J connectivity index is 1.99. The monoisotopic (exact) mass is 294 g/mol. The molecule has 106 valence electrons. The minimum absolute atomic E-state index is 0.0294. The number of nitrogens with one attached hydrogen (secondary N) is 1. The normalized spacial score (nSPS) is 22.4. The first kappa shape index (κ1) is 13.1. The van der Waals surface area contributed by atoms with Crippen molar-refractivity contribution in [1.82, 2.24) is 19.9 Å². The molecule has 1 aliphatic rings. The maximum absolute atomic E-state index is 6.23. The molecule has 20 heavy (non-hydrogen) atoms. The summed E-state index contributed by atoms with van der Waals surface area (Å²) in [6.07, 6.45) is 5.84. The van der Waals surface area contributed by atoms with Gasteiger partial charge in [0.1, 0.15) is 23.0 Å². The second kappa shape index (κ2) is 5.26. The van der Waals surface area contributed by atoms with Crippen molar-refractivity contribution in [3.63, 3.8) is 0 Å². The van der Waals surface area contributed by atoms with Gasteiger partial charge in [0.25, 0.3) is 0 Å². The standard InChI is InChI=1S/C12H15ClN6O/c1-20-7-4-8(11-15-2-3-16-11)19(5-7)12-9(13)10(14)17-6-18-12/h2-3,6-8H,4-5H2,1H3,(H,15,16)(H2,14,17,18)/t7-,8?/m1/s1. The summed E-state index contributed by atoms with van der Waals surface area (Å²) in [6.45, 7) is 0.679. The number of imidazole rings is 1. The lowest BCUT2D eigenvalue weighted by Gasteiger charge is -2.24. The number of nitrogens with zero attached hydrogens (tertiary/aromatic N) is 4. The number of ether oxygens (including phenoxy) is 1. The molecule has 2 atom stereocenters. The molecule has 1 aliphatic heterocycles. The molecule has 0 saturated carbocycles. The van der Waals surface area contributed by atoms with Gasteiger partial charge in [0, 0.05) is 32.5 Å². The smallest absolute Gasteiger partial charge is 0.153 e. The van der Waals surface area contributed by atoms with Gasteiger partial charge in [-0.2, -0.15) is 0 Å². The fourth-order valence-corrected chi connectivity index (χ4v) is 2.70. The quantitative estimate of drug-likeness (QED) is 0.889. The summed E-state index contributed by atoms with van der Waals surface area (Å²) < 4.78 is 5.46. The number of methoxy groups -OCH3 is 1. The third-order valence-corrected chi connectivity index (χ3v) is 3.86. The Bertz CT molecular complexity index is 590.